The third-order valence-electron chi connectivity index (χ3n) is 2.03. The number of hydrogen-bond acceptors (Lipinski definition) is 3. The Hall–Kier alpha value is -0.700. The van der Waals surface area contributed by atoms with Gasteiger partial charge < -0.3 is 5.11 Å². The second kappa shape index (κ2) is 4.66. The maximum atomic E-state index is 12.5. The molecule has 1 aromatic carbocycles. The fraction of sp³-hybridized carbons (Fsp3) is 0.222. The second-order valence-electron chi connectivity index (χ2n) is 3.23. The molecule has 7 heteroatoms. The van der Waals surface area contributed by atoms with Gasteiger partial charge >= 0.3 is 16.2 Å². The summed E-state index contributed by atoms with van der Waals surface area (Å²) in [5, 5.41) is 8.78. The summed E-state index contributed by atoms with van der Waals surface area (Å²) < 4.78 is 34.2. The van der Waals surface area contributed by atoms with Crippen molar-refractivity contribution in [2.75, 3.05) is 0 Å². The molecule has 0 atom stereocenters. The molecule has 0 saturated carbocycles. The molecular formula is C9H8FIO4S. The summed E-state index contributed by atoms with van der Waals surface area (Å²) in [6.45, 7) is 1.62. The zero-order valence-corrected chi connectivity index (χ0v) is 11.2. The van der Waals surface area contributed by atoms with Crippen molar-refractivity contribution in [3.63, 3.8) is 0 Å². The minimum atomic E-state index is -4.66. The van der Waals surface area contributed by atoms with E-state index in [4.69, 9.17) is 5.11 Å². The molecule has 0 bridgehead atoms. The predicted molar refractivity (Wildman–Crippen MR) is 64.6 cm³/mol. The Morgan fingerprint density at radius 2 is 2.06 bits per heavy atom. The molecule has 4 nitrogen and oxygen atoms in total. The molecule has 1 rings (SSSR count). The monoisotopic (exact) mass is 358 g/mol. The zero-order chi connectivity index (χ0) is 12.5. The molecule has 0 saturated heterocycles. The maximum Gasteiger partial charge on any atom is 0.335 e. The van der Waals surface area contributed by atoms with Gasteiger partial charge in [-0.2, -0.15) is 8.42 Å². The van der Waals surface area contributed by atoms with Crippen molar-refractivity contribution in [1.82, 2.24) is 0 Å². The molecule has 0 aliphatic carbocycles. The topological polar surface area (TPSA) is 71.4 Å². The van der Waals surface area contributed by atoms with Crippen LogP contribution in [-0.4, -0.2) is 19.5 Å². The molecule has 0 amide bonds. The highest BCUT2D eigenvalue weighted by Gasteiger charge is 2.15. The number of carboxylic acid groups (broad SMARTS) is 1. The molecule has 0 aliphatic heterocycles. The summed E-state index contributed by atoms with van der Waals surface area (Å²) in [7, 11) is -4.66. The SMILES string of the molecule is Cc1c(I)cc(C(=O)O)cc1CS(=O)(=O)F. The summed E-state index contributed by atoms with van der Waals surface area (Å²) in [4.78, 5) is 10.7. The average molecular weight is 358 g/mol. The quantitative estimate of drug-likeness (QED) is 0.664. The molecule has 0 fully saturated rings. The van der Waals surface area contributed by atoms with Crippen LogP contribution in [-0.2, 0) is 16.0 Å². The molecule has 1 aromatic rings. The van der Waals surface area contributed by atoms with Crippen LogP contribution < -0.4 is 0 Å². The van der Waals surface area contributed by atoms with Crippen LogP contribution in [0.15, 0.2) is 12.1 Å². The van der Waals surface area contributed by atoms with E-state index in [1.54, 1.807) is 6.92 Å². The summed E-state index contributed by atoms with van der Waals surface area (Å²) in [6, 6.07) is 2.59. The van der Waals surface area contributed by atoms with Crippen LogP contribution in [0.2, 0.25) is 0 Å². The van der Waals surface area contributed by atoms with Crippen molar-refractivity contribution in [2.24, 2.45) is 0 Å². The lowest BCUT2D eigenvalue weighted by molar-refractivity contribution is 0.0696. The van der Waals surface area contributed by atoms with Gasteiger partial charge in [-0.05, 0) is 52.8 Å². The maximum absolute atomic E-state index is 12.5. The summed E-state index contributed by atoms with van der Waals surface area (Å²) in [5.41, 5.74) is 0.701. The fourth-order valence-electron chi connectivity index (χ4n) is 1.19. The average Bonchev–Trinajstić information content (AvgIpc) is 2.10. The second-order valence-corrected chi connectivity index (χ2v) is 5.76. The van der Waals surface area contributed by atoms with Crippen LogP contribution in [0.1, 0.15) is 21.5 Å². The first-order valence-electron chi connectivity index (χ1n) is 4.15. The Morgan fingerprint density at radius 1 is 1.50 bits per heavy atom. The highest BCUT2D eigenvalue weighted by molar-refractivity contribution is 14.1. The number of halogens is 2. The first kappa shape index (κ1) is 13.4. The van der Waals surface area contributed by atoms with E-state index >= 15 is 0 Å². The number of benzene rings is 1. The van der Waals surface area contributed by atoms with Gasteiger partial charge in [0.1, 0.15) is 5.75 Å². The van der Waals surface area contributed by atoms with Gasteiger partial charge in [-0.3, -0.25) is 0 Å². The van der Waals surface area contributed by atoms with E-state index in [-0.39, 0.29) is 11.1 Å². The van der Waals surface area contributed by atoms with Crippen molar-refractivity contribution >= 4 is 38.8 Å². The largest absolute Gasteiger partial charge is 0.478 e. The summed E-state index contributed by atoms with van der Waals surface area (Å²) in [5.74, 6) is -1.97. The number of rotatable bonds is 3. The minimum Gasteiger partial charge on any atom is -0.478 e. The van der Waals surface area contributed by atoms with Gasteiger partial charge in [0, 0.05) is 3.57 Å². The molecular weight excluding hydrogens is 350 g/mol. The van der Waals surface area contributed by atoms with E-state index in [1.165, 1.54) is 12.1 Å². The van der Waals surface area contributed by atoms with Crippen LogP contribution in [0, 0.1) is 10.5 Å². The van der Waals surface area contributed by atoms with Crippen LogP contribution in [0.3, 0.4) is 0 Å². The van der Waals surface area contributed by atoms with Crippen LogP contribution in [0.4, 0.5) is 3.89 Å². The van der Waals surface area contributed by atoms with Gasteiger partial charge in [0.05, 0.1) is 5.56 Å². The molecule has 0 spiro atoms. The molecule has 0 aromatic heterocycles. The van der Waals surface area contributed by atoms with Crippen molar-refractivity contribution in [1.29, 1.82) is 0 Å². The highest BCUT2D eigenvalue weighted by atomic mass is 127. The molecule has 0 radical (unpaired) electrons. The van der Waals surface area contributed by atoms with Crippen LogP contribution >= 0.6 is 22.6 Å². The highest BCUT2D eigenvalue weighted by Crippen LogP contribution is 2.21. The standard InChI is InChI=1S/C9H8FIO4S/c1-5-7(4-16(10,14)15)2-6(9(12)13)3-8(5)11/h2-3H,4H2,1H3,(H,12,13). The van der Waals surface area contributed by atoms with E-state index in [1.807, 2.05) is 22.6 Å². The van der Waals surface area contributed by atoms with Gasteiger partial charge in [-0.1, -0.05) is 0 Å². The van der Waals surface area contributed by atoms with Gasteiger partial charge in [-0.25, -0.2) is 4.79 Å². The van der Waals surface area contributed by atoms with Crippen LogP contribution in [0.5, 0.6) is 0 Å². The lowest BCUT2D eigenvalue weighted by atomic mass is 10.1. The first-order valence-corrected chi connectivity index (χ1v) is 6.78. The smallest absolute Gasteiger partial charge is 0.335 e. The van der Waals surface area contributed by atoms with Gasteiger partial charge in [-0.15, -0.1) is 3.89 Å². The van der Waals surface area contributed by atoms with Crippen molar-refractivity contribution in [3.8, 4) is 0 Å². The van der Waals surface area contributed by atoms with E-state index < -0.39 is 21.9 Å². The Labute approximate surface area is 106 Å². The van der Waals surface area contributed by atoms with Gasteiger partial charge in [0.15, 0.2) is 0 Å². The van der Waals surface area contributed by atoms with E-state index in [0.29, 0.717) is 9.13 Å². The number of carboxylic acids is 1. The molecule has 0 heterocycles. The van der Waals surface area contributed by atoms with Gasteiger partial charge in [0.25, 0.3) is 0 Å². The van der Waals surface area contributed by atoms with E-state index in [9.17, 15) is 17.1 Å². The van der Waals surface area contributed by atoms with Crippen molar-refractivity contribution in [2.45, 2.75) is 12.7 Å². The molecule has 88 valence electrons. The van der Waals surface area contributed by atoms with Crippen molar-refractivity contribution < 1.29 is 22.2 Å². The summed E-state index contributed by atoms with van der Waals surface area (Å²) >= 11 is 1.88. The first-order chi connectivity index (χ1) is 7.20. The Balaban J connectivity index is 3.33. The third kappa shape index (κ3) is 3.41. The summed E-state index contributed by atoms with van der Waals surface area (Å²) in [6.07, 6.45) is 0. The Kier molecular flexibility index (Phi) is 3.89. The lowest BCUT2D eigenvalue weighted by Crippen LogP contribution is -2.05. The Morgan fingerprint density at radius 3 is 2.50 bits per heavy atom. The molecule has 0 aliphatic rings. The number of aromatic carboxylic acids is 1. The van der Waals surface area contributed by atoms with Gasteiger partial charge in [0.2, 0.25) is 0 Å². The number of hydrogen-bond donors (Lipinski definition) is 1. The number of carbonyl (C=O) groups is 1. The fourth-order valence-corrected chi connectivity index (χ4v) is 2.55. The van der Waals surface area contributed by atoms with Crippen LogP contribution in [0.25, 0.3) is 0 Å². The molecule has 0 unspecified atom stereocenters. The third-order valence-corrected chi connectivity index (χ3v) is 3.80. The van der Waals surface area contributed by atoms with Crippen molar-refractivity contribution in [3.05, 3.63) is 32.4 Å². The van der Waals surface area contributed by atoms with E-state index in [2.05, 4.69) is 0 Å². The minimum absolute atomic E-state index is 0.0475. The molecule has 1 N–H and O–H groups in total. The normalized spacial score (nSPS) is 11.4. The zero-order valence-electron chi connectivity index (χ0n) is 8.20. The molecule has 16 heavy (non-hydrogen) atoms. The predicted octanol–water partition coefficient (Wildman–Crippen LogP) is 2.10. The lowest BCUT2D eigenvalue weighted by Gasteiger charge is -2.07. The van der Waals surface area contributed by atoms with E-state index in [0.717, 1.165) is 0 Å². The Bertz CT molecular complexity index is 539.